The van der Waals surface area contributed by atoms with Crippen LogP contribution in [0.2, 0.25) is 0 Å². The molecule has 3 heterocycles. The van der Waals surface area contributed by atoms with Crippen molar-refractivity contribution in [3.05, 3.63) is 16.8 Å². The minimum absolute atomic E-state index is 0.0420. The maximum Gasteiger partial charge on any atom is 0.242 e. The highest BCUT2D eigenvalue weighted by molar-refractivity contribution is 5.86. The lowest BCUT2D eigenvalue weighted by Crippen LogP contribution is -2.49. The number of amides is 2. The molecule has 1 aliphatic heterocycles. The van der Waals surface area contributed by atoms with Gasteiger partial charge in [0.1, 0.15) is 0 Å². The van der Waals surface area contributed by atoms with Gasteiger partial charge in [-0.1, -0.05) is 6.92 Å². The second-order valence-electron chi connectivity index (χ2n) is 7.73. The minimum atomic E-state index is 0.0420. The molecule has 158 valence electrons. The van der Waals surface area contributed by atoms with Crippen molar-refractivity contribution in [2.45, 2.75) is 58.9 Å². The fraction of sp³-hybridized carbons (Fsp3) is 0.619. The molecule has 0 radical (unpaired) electrons. The first kappa shape index (κ1) is 21.1. The lowest BCUT2D eigenvalue weighted by atomic mass is 9.99. The van der Waals surface area contributed by atoms with Crippen molar-refractivity contribution in [3.8, 4) is 5.88 Å². The van der Waals surface area contributed by atoms with Crippen LogP contribution in [0.4, 0.5) is 0 Å². The van der Waals surface area contributed by atoms with Crippen molar-refractivity contribution in [2.24, 2.45) is 7.05 Å². The lowest BCUT2D eigenvalue weighted by Gasteiger charge is -2.33. The summed E-state index contributed by atoms with van der Waals surface area (Å²) in [4.78, 5) is 31.1. The number of likely N-dealkylation sites (tertiary alicyclic amines) is 1. The molecule has 1 N–H and O–H groups in total. The van der Waals surface area contributed by atoms with Gasteiger partial charge < -0.3 is 15.0 Å². The van der Waals surface area contributed by atoms with Crippen LogP contribution in [0.3, 0.4) is 0 Å². The number of aromatic nitrogens is 3. The summed E-state index contributed by atoms with van der Waals surface area (Å²) in [6.07, 6.45) is 3.36. The number of hydrogen-bond acceptors (Lipinski definition) is 5. The number of hydrogen-bond donors (Lipinski definition) is 1. The molecule has 0 saturated carbocycles. The Morgan fingerprint density at radius 3 is 2.76 bits per heavy atom. The van der Waals surface area contributed by atoms with E-state index in [1.54, 1.807) is 11.8 Å². The van der Waals surface area contributed by atoms with Crippen LogP contribution in [0.1, 0.15) is 49.4 Å². The Morgan fingerprint density at radius 1 is 1.31 bits per heavy atom. The van der Waals surface area contributed by atoms with E-state index < -0.39 is 0 Å². The number of fused-ring (bicyclic) bond motifs is 1. The number of aryl methyl sites for hydroxylation is 3. The van der Waals surface area contributed by atoms with E-state index in [1.165, 1.54) is 0 Å². The second-order valence-corrected chi connectivity index (χ2v) is 7.73. The number of nitrogens with one attached hydrogen (secondary N) is 1. The van der Waals surface area contributed by atoms with Gasteiger partial charge in [0.25, 0.3) is 0 Å². The third-order valence-corrected chi connectivity index (χ3v) is 5.77. The second kappa shape index (κ2) is 8.80. The van der Waals surface area contributed by atoms with Crippen molar-refractivity contribution in [1.82, 2.24) is 25.0 Å². The highest BCUT2D eigenvalue weighted by atomic mass is 16.5. The molecule has 0 spiro atoms. The fourth-order valence-electron chi connectivity index (χ4n) is 4.15. The van der Waals surface area contributed by atoms with Crippen LogP contribution in [0.15, 0.2) is 0 Å². The number of rotatable bonds is 6. The molecule has 2 amide bonds. The highest BCUT2D eigenvalue weighted by Gasteiger charge is 2.25. The van der Waals surface area contributed by atoms with Crippen molar-refractivity contribution in [1.29, 1.82) is 0 Å². The standard InChI is InChI=1S/C21H31N5O3/c1-6-17(27)23-15-8-7-11-26(12-15)18(28)10-9-16-13(2)19-20(22-14(16)3)25(4)24-21(19)29-5/h15H,6-12H2,1-5H3,(H,23,27). The van der Waals surface area contributed by atoms with Gasteiger partial charge >= 0.3 is 0 Å². The van der Waals surface area contributed by atoms with Gasteiger partial charge in [0, 0.05) is 44.7 Å². The number of ether oxygens (including phenoxy) is 1. The van der Waals surface area contributed by atoms with Gasteiger partial charge in [0.15, 0.2) is 5.65 Å². The van der Waals surface area contributed by atoms with E-state index in [-0.39, 0.29) is 17.9 Å². The Hall–Kier alpha value is -2.64. The predicted molar refractivity (Wildman–Crippen MR) is 111 cm³/mol. The Labute approximate surface area is 171 Å². The van der Waals surface area contributed by atoms with Crippen LogP contribution in [0.5, 0.6) is 5.88 Å². The summed E-state index contributed by atoms with van der Waals surface area (Å²) < 4.78 is 7.14. The van der Waals surface area contributed by atoms with Crippen molar-refractivity contribution >= 4 is 22.8 Å². The topological polar surface area (TPSA) is 89.3 Å². The number of nitrogens with zero attached hydrogens (tertiary/aromatic N) is 4. The minimum Gasteiger partial charge on any atom is -0.479 e. The summed E-state index contributed by atoms with van der Waals surface area (Å²) in [6, 6.07) is 0.0568. The van der Waals surface area contributed by atoms with Gasteiger partial charge in [-0.3, -0.25) is 9.59 Å². The molecule has 3 rings (SSSR count). The molecular formula is C21H31N5O3. The zero-order chi connectivity index (χ0) is 21.1. The third kappa shape index (κ3) is 4.36. The molecule has 8 nitrogen and oxygen atoms in total. The van der Waals surface area contributed by atoms with Crippen LogP contribution in [0.25, 0.3) is 11.0 Å². The normalized spacial score (nSPS) is 16.9. The maximum absolute atomic E-state index is 12.8. The lowest BCUT2D eigenvalue weighted by molar-refractivity contribution is -0.133. The van der Waals surface area contributed by atoms with E-state index in [0.29, 0.717) is 31.7 Å². The molecule has 1 saturated heterocycles. The average molecular weight is 402 g/mol. The van der Waals surface area contributed by atoms with E-state index in [4.69, 9.17) is 9.72 Å². The van der Waals surface area contributed by atoms with Gasteiger partial charge in [0.2, 0.25) is 17.7 Å². The molecule has 2 aromatic rings. The van der Waals surface area contributed by atoms with Gasteiger partial charge in [-0.2, -0.15) is 0 Å². The molecule has 8 heteroatoms. The number of pyridine rings is 1. The van der Waals surface area contributed by atoms with E-state index in [9.17, 15) is 9.59 Å². The Balaban J connectivity index is 1.71. The largest absolute Gasteiger partial charge is 0.479 e. The van der Waals surface area contributed by atoms with Crippen LogP contribution in [-0.2, 0) is 23.1 Å². The molecular weight excluding hydrogens is 370 g/mol. The van der Waals surface area contributed by atoms with Gasteiger partial charge in [0.05, 0.1) is 12.5 Å². The van der Waals surface area contributed by atoms with Crippen LogP contribution in [-0.4, -0.2) is 57.7 Å². The zero-order valence-corrected chi connectivity index (χ0v) is 18.0. The molecule has 0 aliphatic carbocycles. The van der Waals surface area contributed by atoms with E-state index in [2.05, 4.69) is 10.4 Å². The van der Waals surface area contributed by atoms with Gasteiger partial charge in [-0.15, -0.1) is 5.10 Å². The monoisotopic (exact) mass is 401 g/mol. The summed E-state index contributed by atoms with van der Waals surface area (Å²) in [7, 11) is 3.46. The summed E-state index contributed by atoms with van der Waals surface area (Å²) in [6.45, 7) is 7.20. The van der Waals surface area contributed by atoms with E-state index >= 15 is 0 Å². The van der Waals surface area contributed by atoms with Crippen LogP contribution in [0, 0.1) is 13.8 Å². The Morgan fingerprint density at radius 2 is 2.07 bits per heavy atom. The summed E-state index contributed by atoms with van der Waals surface area (Å²) in [5.74, 6) is 0.725. The number of methoxy groups -OCH3 is 1. The van der Waals surface area contributed by atoms with Crippen LogP contribution < -0.4 is 10.1 Å². The van der Waals surface area contributed by atoms with Gasteiger partial charge in [-0.25, -0.2) is 9.67 Å². The molecule has 1 fully saturated rings. The molecule has 0 bridgehead atoms. The molecule has 1 unspecified atom stereocenters. The molecule has 2 aromatic heterocycles. The van der Waals surface area contributed by atoms with Crippen molar-refractivity contribution < 1.29 is 14.3 Å². The summed E-state index contributed by atoms with van der Waals surface area (Å²) in [5.41, 5.74) is 3.85. The average Bonchev–Trinajstić information content (AvgIpc) is 3.03. The number of carbonyl (C=O) groups excluding carboxylic acids is 2. The van der Waals surface area contributed by atoms with Crippen molar-refractivity contribution in [2.75, 3.05) is 20.2 Å². The van der Waals surface area contributed by atoms with E-state index in [0.717, 1.165) is 47.2 Å². The molecule has 0 aromatic carbocycles. The first-order valence-electron chi connectivity index (χ1n) is 10.3. The van der Waals surface area contributed by atoms with Crippen LogP contribution >= 0.6 is 0 Å². The SMILES string of the molecule is CCC(=O)NC1CCCN(C(=O)CCc2c(C)nc3c(c(OC)nn3C)c2C)C1. The molecule has 1 atom stereocenters. The maximum atomic E-state index is 12.8. The number of carbonyl (C=O) groups is 2. The zero-order valence-electron chi connectivity index (χ0n) is 18.0. The smallest absolute Gasteiger partial charge is 0.242 e. The first-order valence-corrected chi connectivity index (χ1v) is 10.3. The molecule has 29 heavy (non-hydrogen) atoms. The Kier molecular flexibility index (Phi) is 6.39. The predicted octanol–water partition coefficient (Wildman–Crippen LogP) is 2.04. The van der Waals surface area contributed by atoms with Crippen molar-refractivity contribution in [3.63, 3.8) is 0 Å². The number of piperidine rings is 1. The summed E-state index contributed by atoms with van der Waals surface area (Å²) >= 11 is 0. The first-order chi connectivity index (χ1) is 13.8. The Bertz CT molecular complexity index is 921. The molecule has 1 aliphatic rings. The van der Waals surface area contributed by atoms with Gasteiger partial charge in [-0.05, 0) is 44.2 Å². The highest BCUT2D eigenvalue weighted by Crippen LogP contribution is 2.30. The van der Waals surface area contributed by atoms with E-state index in [1.807, 2.05) is 32.7 Å². The third-order valence-electron chi connectivity index (χ3n) is 5.77. The quantitative estimate of drug-likeness (QED) is 0.800. The summed E-state index contributed by atoms with van der Waals surface area (Å²) in [5, 5.41) is 8.30. The fourth-order valence-corrected chi connectivity index (χ4v) is 4.15.